The van der Waals surface area contributed by atoms with Gasteiger partial charge in [0.15, 0.2) is 5.17 Å². The molecule has 4 rings (SSSR count). The molecule has 0 unspecified atom stereocenters. The van der Waals surface area contributed by atoms with Crippen LogP contribution < -0.4 is 10.2 Å². The van der Waals surface area contributed by atoms with Gasteiger partial charge in [0.2, 0.25) is 16.7 Å². The number of anilines is 1. The van der Waals surface area contributed by atoms with Crippen LogP contribution in [0.2, 0.25) is 5.02 Å². The first-order valence-electron chi connectivity index (χ1n) is 8.85. The topological polar surface area (TPSA) is 82.1 Å². The number of nitrogens with one attached hydrogen (secondary N) is 1. The molecule has 3 amide bonds. The van der Waals surface area contributed by atoms with E-state index in [2.05, 4.69) is 10.4 Å². The van der Waals surface area contributed by atoms with Gasteiger partial charge in [-0.1, -0.05) is 41.9 Å². The maximum atomic E-state index is 13.7. The van der Waals surface area contributed by atoms with E-state index in [4.69, 9.17) is 11.6 Å². The highest BCUT2D eigenvalue weighted by molar-refractivity contribution is 8.15. The molecular formula is C20H17ClN4O3S. The minimum atomic E-state index is -1.45. The highest BCUT2D eigenvalue weighted by atomic mass is 35.5. The number of amidine groups is 1. The number of hydrogen-bond donors (Lipinski definition) is 1. The molecule has 0 radical (unpaired) electrons. The second kappa shape index (κ2) is 7.20. The summed E-state index contributed by atoms with van der Waals surface area (Å²) in [5.41, 5.74) is 2.16. The van der Waals surface area contributed by atoms with Crippen molar-refractivity contribution in [1.29, 1.82) is 0 Å². The van der Waals surface area contributed by atoms with Crippen molar-refractivity contribution < 1.29 is 14.4 Å². The molecule has 7 nitrogen and oxygen atoms in total. The zero-order valence-corrected chi connectivity index (χ0v) is 17.3. The molecule has 9 heteroatoms. The van der Waals surface area contributed by atoms with Crippen molar-refractivity contribution in [2.75, 3.05) is 4.90 Å². The van der Waals surface area contributed by atoms with Crippen molar-refractivity contribution in [2.45, 2.75) is 25.3 Å². The number of benzene rings is 2. The molecular weight excluding hydrogens is 412 g/mol. The largest absolute Gasteiger partial charge is 0.304 e. The Morgan fingerprint density at radius 2 is 1.90 bits per heavy atom. The monoisotopic (exact) mass is 428 g/mol. The average Bonchev–Trinajstić information content (AvgIpc) is 3.15. The summed E-state index contributed by atoms with van der Waals surface area (Å²) in [5.74, 6) is -1.07. The number of carbonyl (C=O) groups excluding carboxylic acids is 3. The molecule has 29 heavy (non-hydrogen) atoms. The summed E-state index contributed by atoms with van der Waals surface area (Å²) in [6.07, 6.45) is 0. The van der Waals surface area contributed by atoms with Gasteiger partial charge < -0.3 is 10.2 Å². The van der Waals surface area contributed by atoms with Crippen LogP contribution in [-0.4, -0.2) is 27.9 Å². The number of fused-ring (bicyclic) bond motifs is 2. The van der Waals surface area contributed by atoms with Gasteiger partial charge in [-0.05, 0) is 35.5 Å². The van der Waals surface area contributed by atoms with Crippen molar-refractivity contribution in [3.8, 4) is 0 Å². The minimum absolute atomic E-state index is 0.188. The fourth-order valence-electron chi connectivity index (χ4n) is 3.51. The molecule has 1 spiro atoms. The summed E-state index contributed by atoms with van der Waals surface area (Å²) in [5, 5.41) is 8.57. The Bertz CT molecular complexity index is 1060. The molecule has 0 aliphatic carbocycles. The third-order valence-electron chi connectivity index (χ3n) is 4.65. The molecule has 1 atom stereocenters. The molecule has 2 heterocycles. The van der Waals surface area contributed by atoms with E-state index in [9.17, 15) is 14.4 Å². The molecule has 0 fully saturated rings. The van der Waals surface area contributed by atoms with Crippen LogP contribution in [0.3, 0.4) is 0 Å². The lowest BCUT2D eigenvalue weighted by Crippen LogP contribution is -2.48. The summed E-state index contributed by atoms with van der Waals surface area (Å²) in [4.78, 5) is 37.9. The summed E-state index contributed by atoms with van der Waals surface area (Å²) in [6.45, 7) is 3.01. The lowest BCUT2D eigenvalue weighted by Gasteiger charge is -2.29. The van der Waals surface area contributed by atoms with Crippen molar-refractivity contribution >= 4 is 51.9 Å². The number of amides is 3. The fourth-order valence-corrected chi connectivity index (χ4v) is 5.00. The van der Waals surface area contributed by atoms with Gasteiger partial charge in [0.1, 0.15) is 0 Å². The number of carbonyl (C=O) groups is 3. The van der Waals surface area contributed by atoms with Crippen molar-refractivity contribution in [3.63, 3.8) is 0 Å². The molecule has 2 aliphatic heterocycles. The van der Waals surface area contributed by atoms with Gasteiger partial charge in [0.05, 0.1) is 12.2 Å². The quantitative estimate of drug-likeness (QED) is 0.797. The SMILES string of the molecule is CC(=O)NC1=NN(C(C)=O)[C@]2(S1)C(=O)N(Cc1ccccc1)c1ccc(Cl)cc12. The third kappa shape index (κ3) is 3.18. The summed E-state index contributed by atoms with van der Waals surface area (Å²) in [7, 11) is 0. The second-order valence-electron chi connectivity index (χ2n) is 6.70. The standard InChI is InChI=1S/C20H17ClN4O3S/c1-12(26)22-19-23-25(13(2)27)20(29-19)16-10-15(21)8-9-17(16)24(18(20)28)11-14-6-4-3-5-7-14/h3-10H,11H2,1-2H3,(H,22,23,26)/t20-/m1/s1. The van der Waals surface area contributed by atoms with Crippen LogP contribution in [0.1, 0.15) is 25.0 Å². The molecule has 0 aromatic heterocycles. The number of nitrogens with zero attached hydrogens (tertiary/aromatic N) is 3. The molecule has 0 saturated heterocycles. The predicted octanol–water partition coefficient (Wildman–Crippen LogP) is 3.04. The summed E-state index contributed by atoms with van der Waals surface area (Å²) < 4.78 is 0. The van der Waals surface area contributed by atoms with E-state index < -0.39 is 10.8 Å². The molecule has 2 aromatic rings. The molecule has 0 saturated carbocycles. The third-order valence-corrected chi connectivity index (χ3v) is 6.12. The minimum Gasteiger partial charge on any atom is -0.304 e. The number of halogens is 1. The van der Waals surface area contributed by atoms with Gasteiger partial charge in [-0.15, -0.1) is 5.10 Å². The average molecular weight is 429 g/mol. The molecule has 148 valence electrons. The first kappa shape index (κ1) is 19.5. The normalized spacial score (nSPS) is 20.1. The van der Waals surface area contributed by atoms with E-state index in [1.165, 1.54) is 13.8 Å². The van der Waals surface area contributed by atoms with Crippen molar-refractivity contribution in [3.05, 3.63) is 64.7 Å². The van der Waals surface area contributed by atoms with Crippen LogP contribution in [-0.2, 0) is 25.8 Å². The highest BCUT2D eigenvalue weighted by Gasteiger charge is 2.61. The van der Waals surface area contributed by atoms with E-state index in [0.717, 1.165) is 22.3 Å². The van der Waals surface area contributed by atoms with Crippen LogP contribution >= 0.6 is 23.4 Å². The van der Waals surface area contributed by atoms with Gasteiger partial charge in [0, 0.05) is 24.4 Å². The van der Waals surface area contributed by atoms with Crippen LogP contribution in [0.15, 0.2) is 53.6 Å². The number of rotatable bonds is 2. The van der Waals surface area contributed by atoms with Crippen molar-refractivity contribution in [1.82, 2.24) is 10.3 Å². The fraction of sp³-hybridized carbons (Fsp3) is 0.200. The number of hydrogen-bond acceptors (Lipinski definition) is 5. The summed E-state index contributed by atoms with van der Waals surface area (Å²) >= 11 is 7.27. The van der Waals surface area contributed by atoms with Gasteiger partial charge in [-0.2, -0.15) is 5.01 Å². The second-order valence-corrected chi connectivity index (χ2v) is 8.32. The Morgan fingerprint density at radius 1 is 1.17 bits per heavy atom. The van der Waals surface area contributed by atoms with Crippen LogP contribution in [0.25, 0.3) is 0 Å². The maximum absolute atomic E-state index is 13.7. The lowest BCUT2D eigenvalue weighted by molar-refractivity contribution is -0.139. The van der Waals surface area contributed by atoms with Gasteiger partial charge in [0.25, 0.3) is 5.91 Å². The van der Waals surface area contributed by atoms with E-state index in [1.807, 2.05) is 30.3 Å². The van der Waals surface area contributed by atoms with E-state index >= 15 is 0 Å². The molecule has 2 aliphatic rings. The summed E-state index contributed by atoms with van der Waals surface area (Å²) in [6, 6.07) is 14.7. The number of thioether (sulfide) groups is 1. The molecule has 2 aromatic carbocycles. The molecule has 1 N–H and O–H groups in total. The zero-order valence-electron chi connectivity index (χ0n) is 15.7. The Hall–Kier alpha value is -2.84. The zero-order chi connectivity index (χ0) is 20.8. The van der Waals surface area contributed by atoms with Crippen molar-refractivity contribution in [2.24, 2.45) is 5.10 Å². The van der Waals surface area contributed by atoms with Crippen LogP contribution in [0, 0.1) is 0 Å². The van der Waals surface area contributed by atoms with E-state index in [0.29, 0.717) is 22.8 Å². The maximum Gasteiger partial charge on any atom is 0.271 e. The highest BCUT2D eigenvalue weighted by Crippen LogP contribution is 2.55. The molecule has 0 bridgehead atoms. The van der Waals surface area contributed by atoms with Gasteiger partial charge in [-0.3, -0.25) is 14.4 Å². The van der Waals surface area contributed by atoms with Gasteiger partial charge >= 0.3 is 0 Å². The first-order chi connectivity index (χ1) is 13.8. The van der Waals surface area contributed by atoms with Gasteiger partial charge in [-0.25, -0.2) is 0 Å². The predicted molar refractivity (Wildman–Crippen MR) is 112 cm³/mol. The first-order valence-corrected chi connectivity index (χ1v) is 10.0. The van der Waals surface area contributed by atoms with E-state index in [-0.39, 0.29) is 17.0 Å². The Morgan fingerprint density at radius 3 is 2.55 bits per heavy atom. The Balaban J connectivity index is 1.83. The number of hydrazone groups is 1. The smallest absolute Gasteiger partial charge is 0.271 e. The Labute approximate surface area is 176 Å². The van der Waals surface area contributed by atoms with Crippen LogP contribution in [0.4, 0.5) is 5.69 Å². The van der Waals surface area contributed by atoms with E-state index in [1.54, 1.807) is 23.1 Å². The van der Waals surface area contributed by atoms with Crippen LogP contribution in [0.5, 0.6) is 0 Å². The lowest BCUT2D eigenvalue weighted by atomic mass is 10.1. The Kier molecular flexibility index (Phi) is 4.84.